The third-order valence-corrected chi connectivity index (χ3v) is 2.87. The molecule has 2 aromatic rings. The Morgan fingerprint density at radius 3 is 2.68 bits per heavy atom. The van der Waals surface area contributed by atoms with Crippen molar-refractivity contribution in [2.45, 2.75) is 13.8 Å². The highest BCUT2D eigenvalue weighted by atomic mass is 16.5. The molecule has 0 bridgehead atoms. The molecule has 1 heterocycles. The van der Waals surface area contributed by atoms with E-state index in [9.17, 15) is 14.4 Å². The summed E-state index contributed by atoms with van der Waals surface area (Å²) >= 11 is 0. The minimum Gasteiger partial charge on any atom is -0.462 e. The molecule has 22 heavy (non-hydrogen) atoms. The topological polar surface area (TPSA) is 77.4 Å². The first kappa shape index (κ1) is 15.5. The molecular weight excluding hydrogens is 284 g/mol. The van der Waals surface area contributed by atoms with E-state index in [2.05, 4.69) is 5.32 Å². The molecular formula is C16H16N2O4. The van der Waals surface area contributed by atoms with Gasteiger partial charge in [-0.25, -0.2) is 4.79 Å². The van der Waals surface area contributed by atoms with E-state index in [-0.39, 0.29) is 23.6 Å². The summed E-state index contributed by atoms with van der Waals surface area (Å²) in [6.45, 7) is 3.38. The van der Waals surface area contributed by atoms with E-state index in [0.717, 1.165) is 0 Å². The van der Waals surface area contributed by atoms with Crippen LogP contribution in [0.1, 0.15) is 24.2 Å². The zero-order chi connectivity index (χ0) is 16.1. The molecule has 0 saturated heterocycles. The summed E-state index contributed by atoms with van der Waals surface area (Å²) in [7, 11) is 0. The number of aromatic nitrogens is 1. The number of benzene rings is 1. The first-order valence-corrected chi connectivity index (χ1v) is 6.79. The van der Waals surface area contributed by atoms with E-state index in [4.69, 9.17) is 4.74 Å². The first-order chi connectivity index (χ1) is 10.5. The van der Waals surface area contributed by atoms with Crippen LogP contribution in [-0.2, 0) is 9.53 Å². The number of amides is 1. The van der Waals surface area contributed by atoms with Gasteiger partial charge in [0.2, 0.25) is 5.91 Å². The summed E-state index contributed by atoms with van der Waals surface area (Å²) in [6.07, 6.45) is 1.42. The number of carbonyl (C=O) groups excluding carboxylic acids is 2. The molecule has 6 heteroatoms. The Kier molecular flexibility index (Phi) is 4.73. The number of rotatable bonds is 4. The van der Waals surface area contributed by atoms with Crippen LogP contribution in [0.4, 0.5) is 5.69 Å². The fourth-order valence-electron chi connectivity index (χ4n) is 1.96. The predicted molar refractivity (Wildman–Crippen MR) is 82.3 cm³/mol. The molecule has 0 aliphatic heterocycles. The lowest BCUT2D eigenvalue weighted by Gasteiger charge is -2.10. The first-order valence-electron chi connectivity index (χ1n) is 6.79. The van der Waals surface area contributed by atoms with Gasteiger partial charge < -0.3 is 10.1 Å². The highest BCUT2D eigenvalue weighted by molar-refractivity contribution is 5.89. The van der Waals surface area contributed by atoms with Crippen molar-refractivity contribution < 1.29 is 14.3 Å². The van der Waals surface area contributed by atoms with Crippen LogP contribution in [0.15, 0.2) is 47.4 Å². The average molecular weight is 300 g/mol. The molecule has 0 unspecified atom stereocenters. The van der Waals surface area contributed by atoms with Crippen molar-refractivity contribution in [2.75, 3.05) is 11.9 Å². The summed E-state index contributed by atoms with van der Waals surface area (Å²) in [5, 5.41) is 2.65. The van der Waals surface area contributed by atoms with Gasteiger partial charge in [-0.2, -0.15) is 0 Å². The Hall–Kier alpha value is -2.89. The zero-order valence-corrected chi connectivity index (χ0v) is 12.3. The maximum atomic E-state index is 12.0. The number of nitrogens with one attached hydrogen (secondary N) is 1. The SMILES string of the molecule is CCOC(=O)c1ccc(=O)n(-c2cccc(NC(C)=O)c2)c1. The zero-order valence-electron chi connectivity index (χ0n) is 12.3. The largest absolute Gasteiger partial charge is 0.462 e. The molecule has 1 aromatic carbocycles. The van der Waals surface area contributed by atoms with Gasteiger partial charge in [0.15, 0.2) is 0 Å². The van der Waals surface area contributed by atoms with Crippen molar-refractivity contribution in [3.05, 3.63) is 58.5 Å². The van der Waals surface area contributed by atoms with Gasteiger partial charge in [-0.05, 0) is 31.2 Å². The second kappa shape index (κ2) is 6.71. The maximum absolute atomic E-state index is 12.0. The van der Waals surface area contributed by atoms with Gasteiger partial charge in [-0.15, -0.1) is 0 Å². The molecule has 1 amide bonds. The van der Waals surface area contributed by atoms with Gasteiger partial charge in [0.05, 0.1) is 17.9 Å². The van der Waals surface area contributed by atoms with Crippen LogP contribution >= 0.6 is 0 Å². The number of carbonyl (C=O) groups is 2. The number of ether oxygens (including phenoxy) is 1. The third-order valence-electron chi connectivity index (χ3n) is 2.87. The van der Waals surface area contributed by atoms with Gasteiger partial charge in [0.1, 0.15) is 0 Å². The van der Waals surface area contributed by atoms with Crippen LogP contribution in [0.25, 0.3) is 5.69 Å². The summed E-state index contributed by atoms with van der Waals surface area (Å²) in [6, 6.07) is 9.51. The standard InChI is InChI=1S/C16H16N2O4/c1-3-22-16(21)12-7-8-15(20)18(10-12)14-6-4-5-13(9-14)17-11(2)19/h4-10H,3H2,1-2H3,(H,17,19). The van der Waals surface area contributed by atoms with Crippen LogP contribution < -0.4 is 10.9 Å². The highest BCUT2D eigenvalue weighted by Crippen LogP contribution is 2.14. The Morgan fingerprint density at radius 1 is 1.23 bits per heavy atom. The van der Waals surface area contributed by atoms with Gasteiger partial charge in [-0.1, -0.05) is 6.07 Å². The molecule has 1 N–H and O–H groups in total. The number of anilines is 1. The van der Waals surface area contributed by atoms with Gasteiger partial charge in [-0.3, -0.25) is 14.2 Å². The fourth-order valence-corrected chi connectivity index (χ4v) is 1.96. The Bertz CT molecular complexity index is 765. The molecule has 0 radical (unpaired) electrons. The van der Waals surface area contributed by atoms with Crippen molar-refractivity contribution in [2.24, 2.45) is 0 Å². The summed E-state index contributed by atoms with van der Waals surface area (Å²) in [5.74, 6) is -0.695. The lowest BCUT2D eigenvalue weighted by Crippen LogP contribution is -2.19. The molecule has 0 fully saturated rings. The van der Waals surface area contributed by atoms with E-state index in [0.29, 0.717) is 11.4 Å². The molecule has 0 atom stereocenters. The Morgan fingerprint density at radius 2 is 2.00 bits per heavy atom. The monoisotopic (exact) mass is 300 g/mol. The normalized spacial score (nSPS) is 10.1. The molecule has 0 saturated carbocycles. The molecule has 0 aliphatic rings. The van der Waals surface area contributed by atoms with E-state index in [1.54, 1.807) is 31.2 Å². The Balaban J connectivity index is 2.43. The van der Waals surface area contributed by atoms with Gasteiger partial charge in [0, 0.05) is 24.9 Å². The van der Waals surface area contributed by atoms with Crippen molar-refractivity contribution in [1.29, 1.82) is 0 Å². The van der Waals surface area contributed by atoms with Gasteiger partial charge >= 0.3 is 5.97 Å². The molecule has 0 aliphatic carbocycles. The van der Waals surface area contributed by atoms with E-state index >= 15 is 0 Å². The van der Waals surface area contributed by atoms with Crippen LogP contribution in [-0.4, -0.2) is 23.1 Å². The molecule has 2 rings (SSSR count). The summed E-state index contributed by atoms with van der Waals surface area (Å²) in [5.41, 5.74) is 1.11. The van der Waals surface area contributed by atoms with E-state index in [1.807, 2.05) is 0 Å². The second-order valence-corrected chi connectivity index (χ2v) is 4.58. The van der Waals surface area contributed by atoms with Crippen LogP contribution in [0.2, 0.25) is 0 Å². The third kappa shape index (κ3) is 3.60. The number of nitrogens with zero attached hydrogens (tertiary/aromatic N) is 1. The van der Waals surface area contributed by atoms with E-state index < -0.39 is 5.97 Å². The minimum atomic E-state index is -0.491. The van der Waals surface area contributed by atoms with Crippen LogP contribution in [0, 0.1) is 0 Å². The molecule has 114 valence electrons. The van der Waals surface area contributed by atoms with Crippen molar-refractivity contribution in [1.82, 2.24) is 4.57 Å². The number of hydrogen-bond acceptors (Lipinski definition) is 4. The predicted octanol–water partition coefficient (Wildman–Crippen LogP) is 1.97. The average Bonchev–Trinajstić information content (AvgIpc) is 2.47. The second-order valence-electron chi connectivity index (χ2n) is 4.58. The maximum Gasteiger partial charge on any atom is 0.339 e. The van der Waals surface area contributed by atoms with Crippen LogP contribution in [0.5, 0.6) is 0 Å². The minimum absolute atomic E-state index is 0.204. The number of esters is 1. The molecule has 0 spiro atoms. The van der Waals surface area contributed by atoms with Crippen LogP contribution in [0.3, 0.4) is 0 Å². The van der Waals surface area contributed by atoms with Gasteiger partial charge in [0.25, 0.3) is 5.56 Å². The Labute approximate surface area is 127 Å². The highest BCUT2D eigenvalue weighted by Gasteiger charge is 2.09. The summed E-state index contributed by atoms with van der Waals surface area (Å²) < 4.78 is 6.25. The number of pyridine rings is 1. The lowest BCUT2D eigenvalue weighted by molar-refractivity contribution is -0.114. The van der Waals surface area contributed by atoms with E-state index in [1.165, 1.54) is 29.8 Å². The smallest absolute Gasteiger partial charge is 0.339 e. The summed E-state index contributed by atoms with van der Waals surface area (Å²) in [4.78, 5) is 34.9. The lowest BCUT2D eigenvalue weighted by atomic mass is 10.2. The molecule has 6 nitrogen and oxygen atoms in total. The number of hydrogen-bond donors (Lipinski definition) is 1. The van der Waals surface area contributed by atoms with Crippen molar-refractivity contribution in [3.8, 4) is 5.69 Å². The van der Waals surface area contributed by atoms with Crippen molar-refractivity contribution >= 4 is 17.6 Å². The molecule has 1 aromatic heterocycles. The quantitative estimate of drug-likeness (QED) is 0.876. The fraction of sp³-hybridized carbons (Fsp3) is 0.188. The van der Waals surface area contributed by atoms with Crippen molar-refractivity contribution in [3.63, 3.8) is 0 Å².